The van der Waals surface area contributed by atoms with E-state index in [0.717, 1.165) is 16.5 Å². The van der Waals surface area contributed by atoms with Gasteiger partial charge in [0.05, 0.1) is 16.8 Å². The van der Waals surface area contributed by atoms with Crippen molar-refractivity contribution >= 4 is 34.1 Å². The van der Waals surface area contributed by atoms with Crippen molar-refractivity contribution in [2.45, 2.75) is 25.5 Å². The highest BCUT2D eigenvalue weighted by molar-refractivity contribution is 6.36. The number of aromatic amines is 1. The Balaban J connectivity index is 1.47. The summed E-state index contributed by atoms with van der Waals surface area (Å²) in [5.41, 5.74) is 3.69. The summed E-state index contributed by atoms with van der Waals surface area (Å²) in [5.74, 6) is 0.283. The molecule has 1 aromatic heterocycles. The highest BCUT2D eigenvalue weighted by Gasteiger charge is 2.28. The molecule has 172 valence electrons. The van der Waals surface area contributed by atoms with Gasteiger partial charge >= 0.3 is 0 Å². The number of rotatable bonds is 10. The topological polar surface area (TPSA) is 130 Å². The monoisotopic (exact) mass is 450 g/mol. The van der Waals surface area contributed by atoms with E-state index in [1.807, 2.05) is 49.5 Å². The molecule has 33 heavy (non-hydrogen) atoms. The zero-order chi connectivity index (χ0) is 23.4. The Morgan fingerprint density at radius 3 is 2.88 bits per heavy atom. The summed E-state index contributed by atoms with van der Waals surface area (Å²) in [6, 6.07) is 13.1. The SMILES string of the molecule is CC(CC[N+](=O)[O-])NCC(O)COc1cccc2c1C(=Cc1c[nH]c3ccccc13)C(=O)N2. The molecule has 3 aromatic rings. The standard InChI is InChI=1S/C24H26N4O5/c1-15(9-10-28(31)32)25-13-17(29)14-33-22-8-4-7-21-23(22)19(24(30)27-21)11-16-12-26-20-6-3-2-5-18(16)20/h2-8,11-12,15,17,25-26,29H,9-10,13-14H2,1H3,(H,27,30). The van der Waals surface area contributed by atoms with Gasteiger partial charge in [0.15, 0.2) is 0 Å². The van der Waals surface area contributed by atoms with Crippen molar-refractivity contribution in [3.8, 4) is 5.75 Å². The van der Waals surface area contributed by atoms with E-state index in [9.17, 15) is 20.0 Å². The lowest BCUT2D eigenvalue weighted by atomic mass is 10.0. The largest absolute Gasteiger partial charge is 0.490 e. The van der Waals surface area contributed by atoms with Crippen LogP contribution in [-0.2, 0) is 4.79 Å². The van der Waals surface area contributed by atoms with Gasteiger partial charge in [-0.2, -0.15) is 0 Å². The molecule has 0 bridgehead atoms. The fourth-order valence-corrected chi connectivity index (χ4v) is 3.83. The van der Waals surface area contributed by atoms with Gasteiger partial charge < -0.3 is 25.5 Å². The third-order valence-electron chi connectivity index (χ3n) is 5.59. The number of aliphatic hydroxyl groups is 1. The van der Waals surface area contributed by atoms with Crippen molar-refractivity contribution in [3.63, 3.8) is 0 Å². The van der Waals surface area contributed by atoms with Crippen molar-refractivity contribution in [1.82, 2.24) is 10.3 Å². The van der Waals surface area contributed by atoms with Crippen LogP contribution >= 0.6 is 0 Å². The first-order valence-corrected chi connectivity index (χ1v) is 10.8. The number of carbonyl (C=O) groups excluding carboxylic acids is 1. The van der Waals surface area contributed by atoms with Crippen molar-refractivity contribution in [2.75, 3.05) is 25.0 Å². The minimum atomic E-state index is -0.815. The zero-order valence-corrected chi connectivity index (χ0v) is 18.2. The summed E-state index contributed by atoms with van der Waals surface area (Å²) in [7, 11) is 0. The lowest BCUT2D eigenvalue weighted by Gasteiger charge is -2.17. The van der Waals surface area contributed by atoms with E-state index in [-0.39, 0.29) is 36.6 Å². The Bertz CT molecular complexity index is 1200. The Labute approximate surface area is 190 Å². The van der Waals surface area contributed by atoms with Gasteiger partial charge in [0, 0.05) is 46.6 Å². The van der Waals surface area contributed by atoms with Crippen LogP contribution in [0.4, 0.5) is 5.69 Å². The summed E-state index contributed by atoms with van der Waals surface area (Å²) in [6.45, 7) is 1.97. The van der Waals surface area contributed by atoms with Gasteiger partial charge in [-0.05, 0) is 31.2 Å². The summed E-state index contributed by atoms with van der Waals surface area (Å²) < 4.78 is 5.89. The van der Waals surface area contributed by atoms with Crippen molar-refractivity contribution in [1.29, 1.82) is 0 Å². The molecular weight excluding hydrogens is 424 g/mol. The molecule has 0 fully saturated rings. The van der Waals surface area contributed by atoms with E-state index in [1.165, 1.54) is 0 Å². The number of nitrogens with one attached hydrogen (secondary N) is 3. The molecule has 2 heterocycles. The Kier molecular flexibility index (Phi) is 6.71. The van der Waals surface area contributed by atoms with Crippen LogP contribution in [0, 0.1) is 10.1 Å². The third-order valence-corrected chi connectivity index (χ3v) is 5.59. The van der Waals surface area contributed by atoms with Crippen LogP contribution in [0.2, 0.25) is 0 Å². The van der Waals surface area contributed by atoms with Gasteiger partial charge in [-0.3, -0.25) is 14.9 Å². The number of nitro groups is 1. The minimum absolute atomic E-state index is 0.0139. The van der Waals surface area contributed by atoms with E-state index in [4.69, 9.17) is 4.74 Å². The maximum absolute atomic E-state index is 12.7. The predicted molar refractivity (Wildman–Crippen MR) is 127 cm³/mol. The van der Waals surface area contributed by atoms with Crippen molar-refractivity contribution < 1.29 is 19.6 Å². The summed E-state index contributed by atoms with van der Waals surface area (Å²) in [6.07, 6.45) is 3.26. The number of anilines is 1. The summed E-state index contributed by atoms with van der Waals surface area (Å²) in [5, 5.41) is 27.7. The molecule has 0 radical (unpaired) electrons. The fraction of sp³-hybridized carbons (Fsp3) is 0.292. The maximum Gasteiger partial charge on any atom is 0.256 e. The summed E-state index contributed by atoms with van der Waals surface area (Å²) in [4.78, 5) is 26.1. The van der Waals surface area contributed by atoms with Crippen molar-refractivity contribution in [3.05, 3.63) is 69.9 Å². The van der Waals surface area contributed by atoms with Gasteiger partial charge in [-0.15, -0.1) is 0 Å². The second kappa shape index (κ2) is 9.85. The molecule has 0 saturated heterocycles. The third kappa shape index (κ3) is 5.21. The fourth-order valence-electron chi connectivity index (χ4n) is 3.83. The molecule has 2 atom stereocenters. The molecule has 9 heteroatoms. The first kappa shape index (κ1) is 22.5. The smallest absolute Gasteiger partial charge is 0.256 e. The van der Waals surface area contributed by atoms with Gasteiger partial charge in [-0.25, -0.2) is 0 Å². The molecule has 4 N–H and O–H groups in total. The number of carbonyl (C=O) groups is 1. The average Bonchev–Trinajstić information content (AvgIpc) is 3.36. The number of hydrogen-bond donors (Lipinski definition) is 4. The van der Waals surface area contributed by atoms with Crippen LogP contribution in [0.15, 0.2) is 48.7 Å². The quantitative estimate of drug-likeness (QED) is 0.213. The first-order chi connectivity index (χ1) is 15.9. The first-order valence-electron chi connectivity index (χ1n) is 10.8. The lowest BCUT2D eigenvalue weighted by Crippen LogP contribution is -2.37. The van der Waals surface area contributed by atoms with Crippen LogP contribution in [0.1, 0.15) is 24.5 Å². The molecule has 4 rings (SSSR count). The number of ether oxygens (including phenoxy) is 1. The second-order valence-electron chi connectivity index (χ2n) is 8.10. The highest BCUT2D eigenvalue weighted by atomic mass is 16.6. The van der Waals surface area contributed by atoms with E-state index in [1.54, 1.807) is 12.1 Å². The number of aromatic nitrogens is 1. The minimum Gasteiger partial charge on any atom is -0.490 e. The number of aliphatic hydroxyl groups excluding tert-OH is 1. The van der Waals surface area contributed by atoms with Gasteiger partial charge in [-0.1, -0.05) is 24.3 Å². The molecule has 0 saturated carbocycles. The number of benzene rings is 2. The normalized spacial score (nSPS) is 15.9. The molecule has 9 nitrogen and oxygen atoms in total. The molecular formula is C24H26N4O5. The molecule has 2 aromatic carbocycles. The van der Waals surface area contributed by atoms with Crippen molar-refractivity contribution in [2.24, 2.45) is 0 Å². The molecule has 1 aliphatic rings. The Morgan fingerprint density at radius 1 is 1.24 bits per heavy atom. The average molecular weight is 450 g/mol. The van der Waals surface area contributed by atoms with E-state index < -0.39 is 6.10 Å². The summed E-state index contributed by atoms with van der Waals surface area (Å²) >= 11 is 0. The molecule has 1 aliphatic heterocycles. The molecule has 0 spiro atoms. The second-order valence-corrected chi connectivity index (χ2v) is 8.10. The van der Waals surface area contributed by atoms with E-state index in [2.05, 4.69) is 15.6 Å². The van der Waals surface area contributed by atoms with E-state index in [0.29, 0.717) is 29.0 Å². The molecule has 1 amide bonds. The van der Waals surface area contributed by atoms with Crippen LogP contribution in [0.3, 0.4) is 0 Å². The van der Waals surface area contributed by atoms with Crippen LogP contribution in [0.5, 0.6) is 5.75 Å². The van der Waals surface area contributed by atoms with E-state index >= 15 is 0 Å². The Morgan fingerprint density at radius 2 is 2.06 bits per heavy atom. The van der Waals surface area contributed by atoms with Crippen LogP contribution in [0.25, 0.3) is 22.6 Å². The number of hydrogen-bond acceptors (Lipinski definition) is 6. The molecule has 2 unspecified atom stereocenters. The van der Waals surface area contributed by atoms with Crippen LogP contribution < -0.4 is 15.4 Å². The molecule has 0 aliphatic carbocycles. The van der Waals surface area contributed by atoms with Gasteiger partial charge in [0.2, 0.25) is 6.54 Å². The Hall–Kier alpha value is -3.69. The number of para-hydroxylation sites is 1. The van der Waals surface area contributed by atoms with Gasteiger partial charge in [0.25, 0.3) is 5.91 Å². The number of fused-ring (bicyclic) bond motifs is 2. The number of amides is 1. The number of H-pyrrole nitrogens is 1. The van der Waals surface area contributed by atoms with Crippen LogP contribution in [-0.4, -0.2) is 52.8 Å². The predicted octanol–water partition coefficient (Wildman–Crippen LogP) is 3.05. The lowest BCUT2D eigenvalue weighted by molar-refractivity contribution is -0.480. The number of nitrogens with zero attached hydrogens (tertiary/aromatic N) is 1. The maximum atomic E-state index is 12.7. The highest BCUT2D eigenvalue weighted by Crippen LogP contribution is 2.40. The zero-order valence-electron chi connectivity index (χ0n) is 18.2. The van der Waals surface area contributed by atoms with Gasteiger partial charge in [0.1, 0.15) is 18.5 Å².